The monoisotopic (exact) mass is 694 g/mol. The first-order chi connectivity index (χ1) is 26.8. The highest BCUT2D eigenvalue weighted by atomic mass is 16.3. The van der Waals surface area contributed by atoms with E-state index in [2.05, 4.69) is 168 Å². The Kier molecular flexibility index (Phi) is 7.81. The third kappa shape index (κ3) is 5.69. The van der Waals surface area contributed by atoms with Gasteiger partial charge in [-0.1, -0.05) is 140 Å². The van der Waals surface area contributed by atoms with Gasteiger partial charge in [0.1, 0.15) is 23.2 Å². The molecule has 54 heavy (non-hydrogen) atoms. The first-order valence-electron chi connectivity index (χ1n) is 18.2. The number of furan rings is 1. The summed E-state index contributed by atoms with van der Waals surface area (Å²) in [5.41, 5.74) is 10.1. The van der Waals surface area contributed by atoms with Gasteiger partial charge in [0.2, 0.25) is 0 Å². The van der Waals surface area contributed by atoms with E-state index in [9.17, 15) is 0 Å². The summed E-state index contributed by atoms with van der Waals surface area (Å²) in [6, 6.07) is 67.4. The minimum absolute atomic E-state index is 0.279. The van der Waals surface area contributed by atoms with Gasteiger partial charge >= 0.3 is 0 Å². The highest BCUT2D eigenvalue weighted by Gasteiger charge is 2.23. The molecular formula is C49H34N4O. The van der Waals surface area contributed by atoms with E-state index >= 15 is 0 Å². The number of nitrogens with zero attached hydrogens (tertiary/aromatic N) is 3. The van der Waals surface area contributed by atoms with Crippen molar-refractivity contribution in [1.82, 2.24) is 5.32 Å². The quantitative estimate of drug-likeness (QED) is 0.181. The molecular weight excluding hydrogens is 661 g/mol. The zero-order chi connectivity index (χ0) is 35.8. The SMILES string of the molecule is c1ccc(C2=NC(c3ccccc3)NC(c3cccc(-c4cc5ccccc5c5oc6ccc(N(c7ccccc7)c7ccccc7)cc6c45)c3)=N2)cc1. The molecule has 2 heterocycles. The Bertz CT molecular complexity index is 2810. The van der Waals surface area contributed by atoms with Crippen LogP contribution in [-0.4, -0.2) is 11.7 Å². The van der Waals surface area contributed by atoms with E-state index in [1.807, 2.05) is 36.4 Å². The van der Waals surface area contributed by atoms with Gasteiger partial charge in [0.25, 0.3) is 0 Å². The van der Waals surface area contributed by atoms with Gasteiger partial charge in [-0.2, -0.15) is 0 Å². The molecule has 1 aliphatic heterocycles. The van der Waals surface area contributed by atoms with Crippen molar-refractivity contribution in [1.29, 1.82) is 0 Å². The smallest absolute Gasteiger partial charge is 0.159 e. The summed E-state index contributed by atoms with van der Waals surface area (Å²) >= 11 is 0. The molecule has 1 aromatic heterocycles. The molecule has 10 rings (SSSR count). The maximum Gasteiger partial charge on any atom is 0.159 e. The van der Waals surface area contributed by atoms with E-state index < -0.39 is 0 Å². The van der Waals surface area contributed by atoms with Crippen LogP contribution in [-0.2, 0) is 0 Å². The van der Waals surface area contributed by atoms with Crippen molar-refractivity contribution < 1.29 is 4.42 Å². The first-order valence-corrected chi connectivity index (χ1v) is 18.2. The third-order valence-electron chi connectivity index (χ3n) is 10.1. The summed E-state index contributed by atoms with van der Waals surface area (Å²) in [6.45, 7) is 0. The van der Waals surface area contributed by atoms with E-state index in [-0.39, 0.29) is 6.17 Å². The van der Waals surface area contributed by atoms with Crippen molar-refractivity contribution in [3.05, 3.63) is 211 Å². The molecule has 0 aliphatic carbocycles. The van der Waals surface area contributed by atoms with Gasteiger partial charge in [-0.15, -0.1) is 0 Å². The Hall–Kier alpha value is -7.24. The number of fused-ring (bicyclic) bond motifs is 5. The fourth-order valence-electron chi connectivity index (χ4n) is 7.52. The average Bonchev–Trinajstić information content (AvgIpc) is 3.64. The third-order valence-corrected chi connectivity index (χ3v) is 10.1. The Morgan fingerprint density at radius 1 is 0.500 bits per heavy atom. The van der Waals surface area contributed by atoms with Gasteiger partial charge in [-0.25, -0.2) is 9.98 Å². The van der Waals surface area contributed by atoms with Crippen molar-refractivity contribution in [3.8, 4) is 11.1 Å². The average molecular weight is 695 g/mol. The number of rotatable bonds is 7. The number of anilines is 3. The molecule has 256 valence electrons. The van der Waals surface area contributed by atoms with Crippen LogP contribution in [0, 0.1) is 0 Å². The summed E-state index contributed by atoms with van der Waals surface area (Å²) in [4.78, 5) is 12.4. The van der Waals surface area contributed by atoms with Gasteiger partial charge in [0.05, 0.1) is 0 Å². The number of amidine groups is 2. The zero-order valence-corrected chi connectivity index (χ0v) is 29.3. The number of hydrogen-bond acceptors (Lipinski definition) is 5. The van der Waals surface area contributed by atoms with E-state index in [4.69, 9.17) is 14.4 Å². The molecule has 9 aromatic rings. The fraction of sp³-hybridized carbons (Fsp3) is 0.0204. The van der Waals surface area contributed by atoms with E-state index in [0.29, 0.717) is 5.84 Å². The molecule has 0 saturated heterocycles. The second kappa shape index (κ2) is 13.4. The minimum Gasteiger partial charge on any atom is -0.455 e. The Balaban J connectivity index is 1.15. The predicted octanol–water partition coefficient (Wildman–Crippen LogP) is 12.4. The molecule has 8 aromatic carbocycles. The van der Waals surface area contributed by atoms with Crippen LogP contribution in [0.3, 0.4) is 0 Å². The number of nitrogens with one attached hydrogen (secondary N) is 1. The standard InChI is InChI=1S/C49H34N4O/c1-5-16-33(17-6-1)47-50-48(34-18-7-2-8-19-34)52-49(51-47)37-22-15-21-35(30-37)42-31-36-20-13-14-27-41(36)46-45(42)43-32-40(28-29-44(43)54-46)53(38-23-9-3-10-24-38)39-25-11-4-12-26-39/h1-32,47H,(H,50,51,52). The van der Waals surface area contributed by atoms with Crippen LogP contribution in [0.1, 0.15) is 22.9 Å². The van der Waals surface area contributed by atoms with Crippen LogP contribution in [0.15, 0.2) is 209 Å². The van der Waals surface area contributed by atoms with Crippen molar-refractivity contribution in [2.24, 2.45) is 9.98 Å². The lowest BCUT2D eigenvalue weighted by Gasteiger charge is -2.25. The van der Waals surface area contributed by atoms with Gasteiger partial charge in [-0.05, 0) is 76.7 Å². The van der Waals surface area contributed by atoms with Crippen molar-refractivity contribution in [2.45, 2.75) is 6.17 Å². The Labute approximate surface area is 313 Å². The maximum absolute atomic E-state index is 6.78. The van der Waals surface area contributed by atoms with Crippen LogP contribution in [0.5, 0.6) is 0 Å². The number of aliphatic imine (C=N–C) groups is 2. The van der Waals surface area contributed by atoms with Gasteiger partial charge in [0.15, 0.2) is 5.84 Å². The molecule has 0 spiro atoms. The van der Waals surface area contributed by atoms with Crippen LogP contribution >= 0.6 is 0 Å². The second-order valence-corrected chi connectivity index (χ2v) is 13.5. The Morgan fingerprint density at radius 2 is 1.13 bits per heavy atom. The molecule has 0 radical (unpaired) electrons. The van der Waals surface area contributed by atoms with Crippen LogP contribution in [0.4, 0.5) is 17.1 Å². The normalized spacial score (nSPS) is 14.1. The summed E-state index contributed by atoms with van der Waals surface area (Å²) < 4.78 is 6.78. The highest BCUT2D eigenvalue weighted by Crippen LogP contribution is 2.44. The first kappa shape index (κ1) is 31.5. The van der Waals surface area contributed by atoms with Gasteiger partial charge in [-0.3, -0.25) is 0 Å². The molecule has 5 nitrogen and oxygen atoms in total. The number of hydrogen-bond donors (Lipinski definition) is 1. The summed E-state index contributed by atoms with van der Waals surface area (Å²) in [5, 5.41) is 7.99. The molecule has 0 saturated carbocycles. The largest absolute Gasteiger partial charge is 0.455 e. The van der Waals surface area contributed by atoms with Crippen molar-refractivity contribution >= 4 is 61.4 Å². The number of benzene rings is 8. The second-order valence-electron chi connectivity index (χ2n) is 13.5. The Morgan fingerprint density at radius 3 is 1.87 bits per heavy atom. The molecule has 1 aliphatic rings. The zero-order valence-electron chi connectivity index (χ0n) is 29.3. The fourth-order valence-corrected chi connectivity index (χ4v) is 7.52. The minimum atomic E-state index is -0.279. The molecule has 1 N–H and O–H groups in total. The molecule has 1 atom stereocenters. The van der Waals surface area contributed by atoms with Crippen LogP contribution in [0.25, 0.3) is 43.8 Å². The van der Waals surface area contributed by atoms with Crippen LogP contribution < -0.4 is 10.2 Å². The summed E-state index contributed by atoms with van der Waals surface area (Å²) in [6.07, 6.45) is -0.279. The van der Waals surface area contributed by atoms with Crippen molar-refractivity contribution in [3.63, 3.8) is 0 Å². The molecule has 5 heteroatoms. The lowest BCUT2D eigenvalue weighted by atomic mass is 9.94. The van der Waals surface area contributed by atoms with E-state index in [1.165, 1.54) is 0 Å². The lowest BCUT2D eigenvalue weighted by Crippen LogP contribution is -2.33. The molecule has 0 amide bonds. The molecule has 0 fully saturated rings. The maximum atomic E-state index is 6.78. The lowest BCUT2D eigenvalue weighted by molar-refractivity contribution is 0.673. The summed E-state index contributed by atoms with van der Waals surface area (Å²) in [5.74, 6) is 1.48. The summed E-state index contributed by atoms with van der Waals surface area (Å²) in [7, 11) is 0. The van der Waals surface area contributed by atoms with E-state index in [1.54, 1.807) is 0 Å². The van der Waals surface area contributed by atoms with Crippen LogP contribution in [0.2, 0.25) is 0 Å². The van der Waals surface area contributed by atoms with Gasteiger partial charge in [0, 0.05) is 44.3 Å². The van der Waals surface area contributed by atoms with Gasteiger partial charge < -0.3 is 14.6 Å². The highest BCUT2D eigenvalue weighted by molar-refractivity contribution is 6.22. The molecule has 0 bridgehead atoms. The van der Waals surface area contributed by atoms with E-state index in [0.717, 1.165) is 83.4 Å². The predicted molar refractivity (Wildman–Crippen MR) is 223 cm³/mol. The van der Waals surface area contributed by atoms with Crippen molar-refractivity contribution in [2.75, 3.05) is 4.90 Å². The molecule has 1 unspecified atom stereocenters. The topological polar surface area (TPSA) is 53.1 Å². The number of para-hydroxylation sites is 2.